The van der Waals surface area contributed by atoms with Crippen LogP contribution in [0.5, 0.6) is 0 Å². The standard InChI is InChI=1S/C21H27NO/c1-22(16-23-2)19-14-12-18(13-15-19)21-11-7-6-10-20(21)17-8-4-3-5-9-17/h3-5,8-9,12-15,20-21H,6-7,10-11,16H2,1-2H3. The molecule has 1 aliphatic carbocycles. The lowest BCUT2D eigenvalue weighted by atomic mass is 9.72. The average Bonchev–Trinajstić information content (AvgIpc) is 2.63. The van der Waals surface area contributed by atoms with Crippen molar-refractivity contribution in [2.75, 3.05) is 25.8 Å². The van der Waals surface area contributed by atoms with Gasteiger partial charge in [-0.25, -0.2) is 0 Å². The highest BCUT2D eigenvalue weighted by Gasteiger charge is 2.27. The van der Waals surface area contributed by atoms with E-state index in [2.05, 4.69) is 66.5 Å². The first-order chi connectivity index (χ1) is 11.3. The summed E-state index contributed by atoms with van der Waals surface area (Å²) in [6.45, 7) is 0.620. The van der Waals surface area contributed by atoms with Gasteiger partial charge in [0.15, 0.2) is 0 Å². The molecular weight excluding hydrogens is 282 g/mol. The Hall–Kier alpha value is -1.80. The SMILES string of the molecule is COCN(C)c1ccc(C2CCCCC2c2ccccc2)cc1. The Labute approximate surface area is 140 Å². The number of hydrogen-bond acceptors (Lipinski definition) is 2. The average molecular weight is 309 g/mol. The van der Waals surface area contributed by atoms with Crippen molar-refractivity contribution in [3.05, 3.63) is 65.7 Å². The molecule has 0 N–H and O–H groups in total. The fourth-order valence-electron chi connectivity index (χ4n) is 3.87. The van der Waals surface area contributed by atoms with E-state index in [-0.39, 0.29) is 0 Å². The number of anilines is 1. The third kappa shape index (κ3) is 3.76. The summed E-state index contributed by atoms with van der Waals surface area (Å²) in [7, 11) is 3.79. The van der Waals surface area contributed by atoms with E-state index in [1.54, 1.807) is 7.11 Å². The zero-order chi connectivity index (χ0) is 16.1. The van der Waals surface area contributed by atoms with E-state index in [0.717, 1.165) is 0 Å². The van der Waals surface area contributed by atoms with Crippen molar-refractivity contribution in [2.45, 2.75) is 37.5 Å². The minimum atomic E-state index is 0.620. The van der Waals surface area contributed by atoms with Crippen LogP contribution in [0.1, 0.15) is 48.6 Å². The number of hydrogen-bond donors (Lipinski definition) is 0. The molecule has 0 saturated heterocycles. The summed E-state index contributed by atoms with van der Waals surface area (Å²) in [6.07, 6.45) is 5.30. The van der Waals surface area contributed by atoms with Crippen LogP contribution in [-0.4, -0.2) is 20.9 Å². The van der Waals surface area contributed by atoms with Crippen LogP contribution in [0.2, 0.25) is 0 Å². The molecule has 2 aromatic carbocycles. The quantitative estimate of drug-likeness (QED) is 0.707. The maximum absolute atomic E-state index is 5.21. The smallest absolute Gasteiger partial charge is 0.118 e. The van der Waals surface area contributed by atoms with Gasteiger partial charge in [0.25, 0.3) is 0 Å². The molecule has 3 rings (SSSR count). The lowest BCUT2D eigenvalue weighted by Crippen LogP contribution is -2.20. The van der Waals surface area contributed by atoms with Gasteiger partial charge in [-0.1, -0.05) is 55.3 Å². The first-order valence-electron chi connectivity index (χ1n) is 8.64. The Balaban J connectivity index is 1.81. The first kappa shape index (κ1) is 16.1. The fraction of sp³-hybridized carbons (Fsp3) is 0.429. The zero-order valence-electron chi connectivity index (χ0n) is 14.2. The van der Waals surface area contributed by atoms with E-state index in [4.69, 9.17) is 4.74 Å². The summed E-state index contributed by atoms with van der Waals surface area (Å²) in [4.78, 5) is 2.12. The van der Waals surface area contributed by atoms with Crippen LogP contribution in [0.4, 0.5) is 5.69 Å². The zero-order valence-corrected chi connectivity index (χ0v) is 14.2. The van der Waals surface area contributed by atoms with Gasteiger partial charge >= 0.3 is 0 Å². The molecule has 122 valence electrons. The lowest BCUT2D eigenvalue weighted by Gasteiger charge is -2.32. The summed E-state index contributed by atoms with van der Waals surface area (Å²) in [5.74, 6) is 1.31. The minimum Gasteiger partial charge on any atom is -0.364 e. The van der Waals surface area contributed by atoms with Crippen LogP contribution in [-0.2, 0) is 4.74 Å². The molecule has 2 nitrogen and oxygen atoms in total. The van der Waals surface area contributed by atoms with Crippen molar-refractivity contribution < 1.29 is 4.74 Å². The van der Waals surface area contributed by atoms with Crippen molar-refractivity contribution >= 4 is 5.69 Å². The van der Waals surface area contributed by atoms with Gasteiger partial charge < -0.3 is 9.64 Å². The molecule has 2 aromatic rings. The Morgan fingerprint density at radius 1 is 0.870 bits per heavy atom. The van der Waals surface area contributed by atoms with Crippen LogP contribution >= 0.6 is 0 Å². The van der Waals surface area contributed by atoms with E-state index in [0.29, 0.717) is 18.6 Å². The van der Waals surface area contributed by atoms with Gasteiger partial charge in [-0.3, -0.25) is 0 Å². The van der Waals surface area contributed by atoms with Crippen LogP contribution in [0, 0.1) is 0 Å². The highest BCUT2D eigenvalue weighted by Crippen LogP contribution is 2.44. The molecular formula is C21H27NO. The monoisotopic (exact) mass is 309 g/mol. The maximum atomic E-state index is 5.21. The molecule has 23 heavy (non-hydrogen) atoms. The van der Waals surface area contributed by atoms with Crippen LogP contribution in [0.3, 0.4) is 0 Å². The fourth-order valence-corrected chi connectivity index (χ4v) is 3.87. The van der Waals surface area contributed by atoms with E-state index in [1.165, 1.54) is 42.5 Å². The predicted molar refractivity (Wildman–Crippen MR) is 97.1 cm³/mol. The van der Waals surface area contributed by atoms with E-state index in [1.807, 2.05) is 0 Å². The molecule has 0 heterocycles. The Morgan fingerprint density at radius 3 is 2.00 bits per heavy atom. The third-order valence-corrected chi connectivity index (χ3v) is 5.08. The normalized spacial score (nSPS) is 21.1. The van der Waals surface area contributed by atoms with Gasteiger partial charge in [-0.2, -0.15) is 0 Å². The second-order valence-electron chi connectivity index (χ2n) is 6.62. The topological polar surface area (TPSA) is 12.5 Å². The molecule has 1 saturated carbocycles. The molecule has 0 aliphatic heterocycles. The first-order valence-corrected chi connectivity index (χ1v) is 8.64. The summed E-state index contributed by atoms with van der Waals surface area (Å²) in [5.41, 5.74) is 4.19. The molecule has 2 unspecified atom stereocenters. The van der Waals surface area contributed by atoms with Crippen molar-refractivity contribution in [3.63, 3.8) is 0 Å². The van der Waals surface area contributed by atoms with Gasteiger partial charge in [0.1, 0.15) is 6.73 Å². The van der Waals surface area contributed by atoms with Crippen molar-refractivity contribution in [1.82, 2.24) is 0 Å². The van der Waals surface area contributed by atoms with Crippen LogP contribution in [0.15, 0.2) is 54.6 Å². The minimum absolute atomic E-state index is 0.620. The Morgan fingerprint density at radius 2 is 1.43 bits per heavy atom. The number of rotatable bonds is 5. The highest BCUT2D eigenvalue weighted by atomic mass is 16.5. The van der Waals surface area contributed by atoms with Gasteiger partial charge in [0.2, 0.25) is 0 Å². The molecule has 0 radical (unpaired) electrons. The number of methoxy groups -OCH3 is 1. The summed E-state index contributed by atoms with van der Waals surface area (Å²) < 4.78 is 5.21. The second kappa shape index (κ2) is 7.65. The molecule has 0 bridgehead atoms. The van der Waals surface area contributed by atoms with Crippen molar-refractivity contribution in [3.8, 4) is 0 Å². The Kier molecular flexibility index (Phi) is 5.35. The third-order valence-electron chi connectivity index (χ3n) is 5.08. The predicted octanol–water partition coefficient (Wildman–Crippen LogP) is 5.17. The van der Waals surface area contributed by atoms with Crippen LogP contribution < -0.4 is 4.90 Å². The van der Waals surface area contributed by atoms with E-state index < -0.39 is 0 Å². The van der Waals surface area contributed by atoms with Crippen molar-refractivity contribution in [2.24, 2.45) is 0 Å². The number of nitrogens with zero attached hydrogens (tertiary/aromatic N) is 1. The number of ether oxygens (including phenoxy) is 1. The van der Waals surface area contributed by atoms with Gasteiger partial charge in [0.05, 0.1) is 0 Å². The summed E-state index contributed by atoms with van der Waals surface area (Å²) >= 11 is 0. The summed E-state index contributed by atoms with van der Waals surface area (Å²) in [6, 6.07) is 20.1. The van der Waals surface area contributed by atoms with E-state index in [9.17, 15) is 0 Å². The Bertz CT molecular complexity index is 593. The molecule has 0 spiro atoms. The second-order valence-corrected chi connectivity index (χ2v) is 6.62. The lowest BCUT2D eigenvalue weighted by molar-refractivity contribution is 0.202. The highest BCUT2D eigenvalue weighted by molar-refractivity contribution is 5.47. The molecule has 1 aliphatic rings. The molecule has 2 heteroatoms. The maximum Gasteiger partial charge on any atom is 0.118 e. The van der Waals surface area contributed by atoms with Gasteiger partial charge in [-0.05, 0) is 47.9 Å². The summed E-state index contributed by atoms with van der Waals surface area (Å²) in [5, 5.41) is 0. The van der Waals surface area contributed by atoms with Gasteiger partial charge in [-0.15, -0.1) is 0 Å². The van der Waals surface area contributed by atoms with Gasteiger partial charge in [0, 0.05) is 19.8 Å². The van der Waals surface area contributed by atoms with Crippen LogP contribution in [0.25, 0.3) is 0 Å². The van der Waals surface area contributed by atoms with E-state index >= 15 is 0 Å². The molecule has 0 aromatic heterocycles. The molecule has 2 atom stereocenters. The largest absolute Gasteiger partial charge is 0.364 e. The molecule has 0 amide bonds. The molecule has 1 fully saturated rings. The number of benzene rings is 2. The van der Waals surface area contributed by atoms with Crippen molar-refractivity contribution in [1.29, 1.82) is 0 Å².